The van der Waals surface area contributed by atoms with Gasteiger partial charge in [0.15, 0.2) is 0 Å². The highest BCUT2D eigenvalue weighted by Gasteiger charge is 1.95. The van der Waals surface area contributed by atoms with Crippen LogP contribution in [0.3, 0.4) is 0 Å². The highest BCUT2D eigenvalue weighted by molar-refractivity contribution is 5.43. The van der Waals surface area contributed by atoms with E-state index in [4.69, 9.17) is 16.7 Å². The number of benzene rings is 2. The van der Waals surface area contributed by atoms with E-state index in [-0.39, 0.29) is 0 Å². The van der Waals surface area contributed by atoms with Crippen LogP contribution >= 0.6 is 0 Å². The summed E-state index contributed by atoms with van der Waals surface area (Å²) < 4.78 is 0. The van der Waals surface area contributed by atoms with Crippen molar-refractivity contribution in [1.29, 1.82) is 5.26 Å². The Kier molecular flexibility index (Phi) is 5.27. The number of nitrogens with zero attached hydrogens (tertiary/aromatic N) is 1. The van der Waals surface area contributed by atoms with Crippen molar-refractivity contribution in [3.63, 3.8) is 0 Å². The molecular formula is C15H17N3. The normalized spacial score (nSPS) is 8.89. The van der Waals surface area contributed by atoms with Gasteiger partial charge in [-0.3, -0.25) is 0 Å². The van der Waals surface area contributed by atoms with Gasteiger partial charge in [-0.05, 0) is 41.8 Å². The maximum absolute atomic E-state index is 7.32. The molecule has 0 spiro atoms. The van der Waals surface area contributed by atoms with Gasteiger partial charge in [0.2, 0.25) is 0 Å². The largest absolute Gasteiger partial charge is 0.399 e. The average molecular weight is 239 g/mol. The molecule has 2 aromatic rings. The van der Waals surface area contributed by atoms with Gasteiger partial charge in [0, 0.05) is 18.3 Å². The van der Waals surface area contributed by atoms with Crippen molar-refractivity contribution in [2.75, 3.05) is 11.5 Å². The summed E-state index contributed by atoms with van der Waals surface area (Å²) in [5, 5.41) is 7.32. The third kappa shape index (κ3) is 4.58. The maximum atomic E-state index is 7.32. The number of anilines is 2. The molecule has 0 atom stereocenters. The Balaban J connectivity index is 0.000000492. The molecule has 4 N–H and O–H groups in total. The molecule has 92 valence electrons. The fourth-order valence-electron chi connectivity index (χ4n) is 1.51. The Hall–Kier alpha value is -2.47. The highest BCUT2D eigenvalue weighted by Crippen LogP contribution is 2.13. The van der Waals surface area contributed by atoms with Gasteiger partial charge in [-0.15, -0.1) is 0 Å². The molecule has 0 saturated carbocycles. The van der Waals surface area contributed by atoms with Crippen LogP contribution in [0.5, 0.6) is 0 Å². The maximum Gasteiger partial charge on any atom is 0.0587 e. The zero-order valence-electron chi connectivity index (χ0n) is 10.4. The quantitative estimate of drug-likeness (QED) is 0.791. The summed E-state index contributed by atoms with van der Waals surface area (Å²) in [4.78, 5) is 0. The zero-order chi connectivity index (χ0) is 13.4. The first-order chi connectivity index (χ1) is 8.65. The SMILES string of the molecule is CC#N.Nc1ccc(Cc2ccc(N)cc2)cc1. The van der Waals surface area contributed by atoms with Crippen LogP contribution in [0.2, 0.25) is 0 Å². The van der Waals surface area contributed by atoms with E-state index in [2.05, 4.69) is 0 Å². The molecule has 0 fully saturated rings. The van der Waals surface area contributed by atoms with Crippen LogP contribution in [0.25, 0.3) is 0 Å². The van der Waals surface area contributed by atoms with Crippen LogP contribution in [0.1, 0.15) is 18.1 Å². The molecule has 0 amide bonds. The van der Waals surface area contributed by atoms with Gasteiger partial charge in [-0.1, -0.05) is 24.3 Å². The molecule has 2 rings (SSSR count). The average Bonchev–Trinajstić information content (AvgIpc) is 2.36. The van der Waals surface area contributed by atoms with Crippen molar-refractivity contribution < 1.29 is 0 Å². The number of nitrogens with two attached hydrogens (primary N) is 2. The van der Waals surface area contributed by atoms with E-state index in [1.165, 1.54) is 18.1 Å². The van der Waals surface area contributed by atoms with Crippen molar-refractivity contribution in [3.05, 3.63) is 59.7 Å². The molecule has 0 radical (unpaired) electrons. The van der Waals surface area contributed by atoms with Crippen LogP contribution in [0.15, 0.2) is 48.5 Å². The molecule has 18 heavy (non-hydrogen) atoms. The van der Waals surface area contributed by atoms with E-state index >= 15 is 0 Å². The van der Waals surface area contributed by atoms with E-state index in [1.807, 2.05) is 48.5 Å². The summed E-state index contributed by atoms with van der Waals surface area (Å²) >= 11 is 0. The first-order valence-corrected chi connectivity index (χ1v) is 5.65. The van der Waals surface area contributed by atoms with Crippen molar-refractivity contribution in [2.24, 2.45) is 0 Å². The van der Waals surface area contributed by atoms with E-state index in [1.54, 1.807) is 6.07 Å². The van der Waals surface area contributed by atoms with Crippen LogP contribution < -0.4 is 11.5 Å². The lowest BCUT2D eigenvalue weighted by atomic mass is 10.0. The molecule has 0 aliphatic rings. The minimum Gasteiger partial charge on any atom is -0.399 e. The standard InChI is InChI=1S/C13H14N2.C2H3N/c14-12-5-1-10(2-6-12)9-11-3-7-13(15)8-4-11;1-2-3/h1-8H,9,14-15H2;1H3. The number of rotatable bonds is 2. The Bertz CT molecular complexity index is 463. The Morgan fingerprint density at radius 3 is 1.39 bits per heavy atom. The van der Waals surface area contributed by atoms with E-state index in [0.717, 1.165) is 17.8 Å². The lowest BCUT2D eigenvalue weighted by Gasteiger charge is -2.02. The van der Waals surface area contributed by atoms with Crippen molar-refractivity contribution >= 4 is 11.4 Å². The van der Waals surface area contributed by atoms with Gasteiger partial charge in [-0.2, -0.15) is 5.26 Å². The molecule has 3 nitrogen and oxygen atoms in total. The third-order valence-electron chi connectivity index (χ3n) is 2.37. The zero-order valence-corrected chi connectivity index (χ0v) is 10.4. The first kappa shape index (κ1) is 13.6. The predicted octanol–water partition coefficient (Wildman–Crippen LogP) is 2.97. The Morgan fingerprint density at radius 1 is 0.833 bits per heavy atom. The van der Waals surface area contributed by atoms with Crippen molar-refractivity contribution in [3.8, 4) is 6.07 Å². The molecular weight excluding hydrogens is 222 g/mol. The van der Waals surface area contributed by atoms with Crippen molar-refractivity contribution in [2.45, 2.75) is 13.3 Å². The highest BCUT2D eigenvalue weighted by atomic mass is 14.5. The Labute approximate surface area is 108 Å². The molecule has 0 bridgehead atoms. The summed E-state index contributed by atoms with van der Waals surface area (Å²) in [6, 6.07) is 17.6. The number of nitriles is 1. The van der Waals surface area contributed by atoms with Crippen LogP contribution in [-0.4, -0.2) is 0 Å². The lowest BCUT2D eigenvalue weighted by molar-refractivity contribution is 1.19. The van der Waals surface area contributed by atoms with E-state index < -0.39 is 0 Å². The van der Waals surface area contributed by atoms with E-state index in [0.29, 0.717) is 0 Å². The van der Waals surface area contributed by atoms with Crippen LogP contribution in [-0.2, 0) is 6.42 Å². The third-order valence-corrected chi connectivity index (χ3v) is 2.37. The van der Waals surface area contributed by atoms with Crippen LogP contribution in [0.4, 0.5) is 11.4 Å². The summed E-state index contributed by atoms with van der Waals surface area (Å²) in [5.74, 6) is 0. The smallest absolute Gasteiger partial charge is 0.0587 e. The number of hydrogen-bond acceptors (Lipinski definition) is 3. The van der Waals surface area contributed by atoms with Gasteiger partial charge in [0.25, 0.3) is 0 Å². The Morgan fingerprint density at radius 2 is 1.11 bits per heavy atom. The van der Waals surface area contributed by atoms with E-state index in [9.17, 15) is 0 Å². The molecule has 2 aromatic carbocycles. The molecule has 0 heterocycles. The monoisotopic (exact) mass is 239 g/mol. The van der Waals surface area contributed by atoms with Gasteiger partial charge < -0.3 is 11.5 Å². The lowest BCUT2D eigenvalue weighted by Crippen LogP contribution is -1.90. The fraction of sp³-hybridized carbons (Fsp3) is 0.133. The molecule has 0 aromatic heterocycles. The molecule has 0 unspecified atom stereocenters. The summed E-state index contributed by atoms with van der Waals surface area (Å²) in [7, 11) is 0. The van der Waals surface area contributed by atoms with Gasteiger partial charge >= 0.3 is 0 Å². The van der Waals surface area contributed by atoms with Crippen LogP contribution in [0, 0.1) is 11.3 Å². The molecule has 0 aliphatic carbocycles. The number of hydrogen-bond donors (Lipinski definition) is 2. The fourth-order valence-corrected chi connectivity index (χ4v) is 1.51. The second-order valence-corrected chi connectivity index (χ2v) is 3.88. The second kappa shape index (κ2) is 6.97. The van der Waals surface area contributed by atoms with Gasteiger partial charge in [-0.25, -0.2) is 0 Å². The van der Waals surface area contributed by atoms with Gasteiger partial charge in [0.05, 0.1) is 6.07 Å². The van der Waals surface area contributed by atoms with Crippen molar-refractivity contribution in [1.82, 2.24) is 0 Å². The minimum atomic E-state index is 0.802. The first-order valence-electron chi connectivity index (χ1n) is 5.65. The van der Waals surface area contributed by atoms with Gasteiger partial charge in [0.1, 0.15) is 0 Å². The predicted molar refractivity (Wildman–Crippen MR) is 75.8 cm³/mol. The topological polar surface area (TPSA) is 75.8 Å². The molecule has 0 aliphatic heterocycles. The molecule has 0 saturated heterocycles. The molecule has 3 heteroatoms. The summed E-state index contributed by atoms with van der Waals surface area (Å²) in [6.45, 7) is 1.43. The summed E-state index contributed by atoms with van der Waals surface area (Å²) in [5.41, 5.74) is 15.4. The number of nitrogen functional groups attached to an aromatic ring is 2. The minimum absolute atomic E-state index is 0.802. The summed E-state index contributed by atoms with van der Waals surface area (Å²) in [6.07, 6.45) is 0.917. The second-order valence-electron chi connectivity index (χ2n) is 3.88.